The van der Waals surface area contributed by atoms with Gasteiger partial charge in [0.05, 0.1) is 6.10 Å². The molecule has 0 spiro atoms. The number of hydrogen-bond donors (Lipinski definition) is 3. The van der Waals surface area contributed by atoms with Crippen molar-refractivity contribution in [3.8, 4) is 0 Å². The molecular formula is C15H24N2O2. The van der Waals surface area contributed by atoms with Crippen LogP contribution in [0.1, 0.15) is 50.8 Å². The summed E-state index contributed by atoms with van der Waals surface area (Å²) in [4.78, 5) is 11.7. The summed E-state index contributed by atoms with van der Waals surface area (Å²) in [5.74, 6) is -0.0494. The number of anilines is 1. The SMILES string of the molecule is Cc1ccc(C(O)CCC(=O)NC(C)(C)C)cc1N. The lowest BCUT2D eigenvalue weighted by Crippen LogP contribution is -2.40. The number of rotatable bonds is 4. The summed E-state index contributed by atoms with van der Waals surface area (Å²) < 4.78 is 0. The first kappa shape index (κ1) is 15.5. The average Bonchev–Trinajstić information content (AvgIpc) is 2.27. The molecule has 0 saturated carbocycles. The van der Waals surface area contributed by atoms with Crippen LogP contribution in [0, 0.1) is 6.92 Å². The highest BCUT2D eigenvalue weighted by Crippen LogP contribution is 2.22. The summed E-state index contributed by atoms with van der Waals surface area (Å²) in [5, 5.41) is 12.9. The molecule has 0 heterocycles. The summed E-state index contributed by atoms with van der Waals surface area (Å²) in [6.07, 6.45) is 0.0324. The van der Waals surface area contributed by atoms with Gasteiger partial charge in [0.25, 0.3) is 0 Å². The minimum atomic E-state index is -0.659. The van der Waals surface area contributed by atoms with Gasteiger partial charge in [-0.3, -0.25) is 4.79 Å². The Bertz CT molecular complexity index is 450. The van der Waals surface area contributed by atoms with Crippen molar-refractivity contribution in [2.24, 2.45) is 0 Å². The van der Waals surface area contributed by atoms with Crippen LogP contribution in [0.3, 0.4) is 0 Å². The van der Waals surface area contributed by atoms with Gasteiger partial charge in [0.2, 0.25) is 5.91 Å². The van der Waals surface area contributed by atoms with Gasteiger partial charge in [-0.15, -0.1) is 0 Å². The van der Waals surface area contributed by atoms with Crippen LogP contribution in [0.25, 0.3) is 0 Å². The number of aliphatic hydroxyl groups excluding tert-OH is 1. The lowest BCUT2D eigenvalue weighted by molar-refractivity contribution is -0.123. The van der Waals surface area contributed by atoms with E-state index in [1.807, 2.05) is 39.8 Å². The van der Waals surface area contributed by atoms with Gasteiger partial charge in [0, 0.05) is 17.6 Å². The Kier molecular flexibility index (Phi) is 4.95. The summed E-state index contributed by atoms with van der Waals surface area (Å²) in [5.41, 5.74) is 7.97. The van der Waals surface area contributed by atoms with Crippen LogP contribution in [0.2, 0.25) is 0 Å². The number of aryl methyl sites for hydroxylation is 1. The Morgan fingerprint density at radius 1 is 1.42 bits per heavy atom. The molecule has 19 heavy (non-hydrogen) atoms. The molecule has 0 aliphatic carbocycles. The molecule has 1 atom stereocenters. The normalized spacial score (nSPS) is 13.1. The number of carbonyl (C=O) groups is 1. The maximum atomic E-state index is 11.7. The minimum Gasteiger partial charge on any atom is -0.399 e. The average molecular weight is 264 g/mol. The molecule has 1 aromatic rings. The molecule has 1 rings (SSSR count). The molecule has 4 N–H and O–H groups in total. The fourth-order valence-corrected chi connectivity index (χ4v) is 1.78. The van der Waals surface area contributed by atoms with E-state index in [1.165, 1.54) is 0 Å². The zero-order chi connectivity index (χ0) is 14.6. The van der Waals surface area contributed by atoms with E-state index in [4.69, 9.17) is 5.73 Å². The van der Waals surface area contributed by atoms with Crippen LogP contribution in [-0.4, -0.2) is 16.6 Å². The summed E-state index contributed by atoms with van der Waals surface area (Å²) in [7, 11) is 0. The van der Waals surface area contributed by atoms with Gasteiger partial charge in [-0.1, -0.05) is 12.1 Å². The lowest BCUT2D eigenvalue weighted by atomic mass is 10.0. The molecule has 0 saturated heterocycles. The van der Waals surface area contributed by atoms with Gasteiger partial charge >= 0.3 is 0 Å². The molecule has 1 unspecified atom stereocenters. The molecule has 1 amide bonds. The second-order valence-corrected chi connectivity index (χ2v) is 5.97. The third-order valence-corrected chi connectivity index (χ3v) is 2.85. The first-order valence-corrected chi connectivity index (χ1v) is 6.54. The van der Waals surface area contributed by atoms with E-state index < -0.39 is 6.10 Å². The number of aliphatic hydroxyl groups is 1. The van der Waals surface area contributed by atoms with Crippen LogP contribution in [0.5, 0.6) is 0 Å². The van der Waals surface area contributed by atoms with Crippen LogP contribution < -0.4 is 11.1 Å². The Labute approximate surface area is 115 Å². The van der Waals surface area contributed by atoms with Gasteiger partial charge in [-0.2, -0.15) is 0 Å². The van der Waals surface area contributed by atoms with Gasteiger partial charge in [-0.05, 0) is 51.3 Å². The van der Waals surface area contributed by atoms with Crippen LogP contribution >= 0.6 is 0 Å². The monoisotopic (exact) mass is 264 g/mol. The summed E-state index contributed by atoms with van der Waals surface area (Å²) >= 11 is 0. The summed E-state index contributed by atoms with van der Waals surface area (Å²) in [6, 6.07) is 5.49. The van der Waals surface area contributed by atoms with Crippen LogP contribution in [0.15, 0.2) is 18.2 Å². The number of carbonyl (C=O) groups excluding carboxylic acids is 1. The van der Waals surface area contributed by atoms with Gasteiger partial charge in [-0.25, -0.2) is 0 Å². The van der Waals surface area contributed by atoms with Gasteiger partial charge < -0.3 is 16.2 Å². The van der Waals surface area contributed by atoms with Gasteiger partial charge in [0.1, 0.15) is 0 Å². The molecule has 0 fully saturated rings. The fourth-order valence-electron chi connectivity index (χ4n) is 1.78. The maximum absolute atomic E-state index is 11.7. The van der Waals surface area contributed by atoms with Gasteiger partial charge in [0.15, 0.2) is 0 Å². The highest BCUT2D eigenvalue weighted by atomic mass is 16.3. The highest BCUT2D eigenvalue weighted by molar-refractivity contribution is 5.76. The number of hydrogen-bond acceptors (Lipinski definition) is 3. The molecular weight excluding hydrogens is 240 g/mol. The molecule has 0 aromatic heterocycles. The zero-order valence-corrected chi connectivity index (χ0v) is 12.2. The van der Waals surface area contributed by atoms with Crippen molar-refractivity contribution in [3.63, 3.8) is 0 Å². The molecule has 0 aliphatic heterocycles. The van der Waals surface area contributed by atoms with E-state index in [0.717, 1.165) is 11.1 Å². The molecule has 0 bridgehead atoms. The topological polar surface area (TPSA) is 75.3 Å². The second-order valence-electron chi connectivity index (χ2n) is 5.97. The van der Waals surface area contributed by atoms with Crippen molar-refractivity contribution < 1.29 is 9.90 Å². The number of nitrogen functional groups attached to an aromatic ring is 1. The zero-order valence-electron chi connectivity index (χ0n) is 12.2. The second kappa shape index (κ2) is 6.06. The maximum Gasteiger partial charge on any atom is 0.220 e. The van der Waals surface area contributed by atoms with E-state index in [0.29, 0.717) is 18.5 Å². The smallest absolute Gasteiger partial charge is 0.220 e. The largest absolute Gasteiger partial charge is 0.399 e. The number of nitrogens with two attached hydrogens (primary N) is 1. The van der Waals surface area contributed by atoms with E-state index in [2.05, 4.69) is 5.32 Å². The Morgan fingerprint density at radius 3 is 2.58 bits per heavy atom. The Hall–Kier alpha value is -1.55. The van der Waals surface area contributed by atoms with E-state index in [1.54, 1.807) is 6.07 Å². The number of benzene rings is 1. The predicted octanol–water partition coefficient (Wildman–Crippen LogP) is 2.31. The summed E-state index contributed by atoms with van der Waals surface area (Å²) in [6.45, 7) is 7.72. The van der Waals surface area contributed by atoms with E-state index >= 15 is 0 Å². The third kappa shape index (κ3) is 5.30. The van der Waals surface area contributed by atoms with E-state index in [-0.39, 0.29) is 11.4 Å². The van der Waals surface area contributed by atoms with Crippen molar-refractivity contribution >= 4 is 11.6 Å². The van der Waals surface area contributed by atoms with Crippen LogP contribution in [-0.2, 0) is 4.79 Å². The standard InChI is InChI=1S/C15H24N2O2/c1-10-5-6-11(9-12(10)16)13(18)7-8-14(19)17-15(2,3)4/h5-6,9,13,18H,7-8,16H2,1-4H3,(H,17,19). The molecule has 1 aromatic carbocycles. The molecule has 106 valence electrons. The molecule has 0 aliphatic rings. The highest BCUT2D eigenvalue weighted by Gasteiger charge is 2.16. The number of amides is 1. The lowest BCUT2D eigenvalue weighted by Gasteiger charge is -2.21. The van der Waals surface area contributed by atoms with E-state index in [9.17, 15) is 9.90 Å². The van der Waals surface area contributed by atoms with Crippen molar-refractivity contribution in [1.29, 1.82) is 0 Å². The van der Waals surface area contributed by atoms with Crippen molar-refractivity contribution in [2.45, 2.75) is 52.2 Å². The Morgan fingerprint density at radius 2 is 2.05 bits per heavy atom. The quantitative estimate of drug-likeness (QED) is 0.730. The minimum absolute atomic E-state index is 0.0494. The molecule has 0 radical (unpaired) electrons. The first-order valence-electron chi connectivity index (χ1n) is 6.54. The Balaban J connectivity index is 2.53. The van der Waals surface area contributed by atoms with Crippen molar-refractivity contribution in [2.75, 3.05) is 5.73 Å². The molecule has 4 nitrogen and oxygen atoms in total. The predicted molar refractivity (Wildman–Crippen MR) is 77.7 cm³/mol. The first-order chi connectivity index (χ1) is 8.69. The van der Waals surface area contributed by atoms with Crippen molar-refractivity contribution in [3.05, 3.63) is 29.3 Å². The molecule has 4 heteroatoms. The van der Waals surface area contributed by atoms with Crippen LogP contribution in [0.4, 0.5) is 5.69 Å². The van der Waals surface area contributed by atoms with Crippen molar-refractivity contribution in [1.82, 2.24) is 5.32 Å². The third-order valence-electron chi connectivity index (χ3n) is 2.85. The fraction of sp³-hybridized carbons (Fsp3) is 0.533. The number of nitrogens with one attached hydrogen (secondary N) is 1.